The van der Waals surface area contributed by atoms with E-state index in [4.69, 9.17) is 0 Å². The molecule has 0 aromatic heterocycles. The molecule has 1 aliphatic carbocycles. The van der Waals surface area contributed by atoms with Gasteiger partial charge in [-0.05, 0) is 6.08 Å². The van der Waals surface area contributed by atoms with Gasteiger partial charge < -0.3 is 0 Å². The van der Waals surface area contributed by atoms with Crippen molar-refractivity contribution in [3.05, 3.63) is 12.7 Å². The zero-order valence-corrected chi connectivity index (χ0v) is 4.67. The van der Waals surface area contributed by atoms with E-state index in [1.54, 1.807) is 0 Å². The van der Waals surface area contributed by atoms with Gasteiger partial charge >= 0.3 is 11.8 Å². The number of hydrogen-bond donors (Lipinski definition) is 0. The predicted octanol–water partition coefficient (Wildman–Crippen LogP) is 2.16. The highest BCUT2D eigenvalue weighted by Crippen LogP contribution is 2.68. The lowest BCUT2D eigenvalue weighted by molar-refractivity contribution is -0.0278. The summed E-state index contributed by atoms with van der Waals surface area (Å²) in [5.41, 5.74) is -3.82. The molecule has 0 aromatic carbocycles. The standard InChI is InChI=1S/C5H3F5/c1-2-3(6)4(7,8)5(3,9)10/h2H,1H2. The second-order valence-corrected chi connectivity index (χ2v) is 2.06. The summed E-state index contributed by atoms with van der Waals surface area (Å²) in [4.78, 5) is 0. The summed E-state index contributed by atoms with van der Waals surface area (Å²) >= 11 is 0. The number of alkyl halides is 5. The first-order valence-corrected chi connectivity index (χ1v) is 2.39. The van der Waals surface area contributed by atoms with Crippen molar-refractivity contribution in [2.24, 2.45) is 0 Å². The molecule has 1 rings (SSSR count). The van der Waals surface area contributed by atoms with E-state index in [0.717, 1.165) is 0 Å². The topological polar surface area (TPSA) is 0 Å². The second-order valence-electron chi connectivity index (χ2n) is 2.06. The smallest absolute Gasteiger partial charge is 0.225 e. The minimum absolute atomic E-state index is 0.0625. The maximum Gasteiger partial charge on any atom is 0.357 e. The molecular formula is C5H3F5. The summed E-state index contributed by atoms with van der Waals surface area (Å²) < 4.78 is 59.2. The van der Waals surface area contributed by atoms with E-state index in [1.807, 2.05) is 0 Å². The SMILES string of the molecule is C=CC1(F)C(F)(F)C1(F)F. The summed E-state index contributed by atoms with van der Waals surface area (Å²) in [7, 11) is 0. The fraction of sp³-hybridized carbons (Fsp3) is 0.600. The zero-order valence-electron chi connectivity index (χ0n) is 4.67. The third kappa shape index (κ3) is 0.402. The lowest BCUT2D eigenvalue weighted by atomic mass is 10.3. The van der Waals surface area contributed by atoms with Gasteiger partial charge in [0.15, 0.2) is 0 Å². The molecule has 10 heavy (non-hydrogen) atoms. The Bertz CT molecular complexity index is 168. The van der Waals surface area contributed by atoms with Gasteiger partial charge in [-0.1, -0.05) is 6.58 Å². The molecule has 1 fully saturated rings. The Morgan fingerprint density at radius 2 is 1.20 bits per heavy atom. The van der Waals surface area contributed by atoms with Crippen molar-refractivity contribution >= 4 is 0 Å². The highest BCUT2D eigenvalue weighted by molar-refractivity contribution is 5.35. The molecule has 0 saturated heterocycles. The molecule has 58 valence electrons. The minimum Gasteiger partial charge on any atom is -0.225 e. The summed E-state index contributed by atoms with van der Waals surface area (Å²) in [5, 5.41) is 0. The van der Waals surface area contributed by atoms with Gasteiger partial charge in [0.25, 0.3) is 5.67 Å². The van der Waals surface area contributed by atoms with Gasteiger partial charge in [-0.3, -0.25) is 0 Å². The first kappa shape index (κ1) is 7.50. The number of allylic oxidation sites excluding steroid dienone is 1. The molecule has 0 unspecified atom stereocenters. The molecule has 0 bridgehead atoms. The van der Waals surface area contributed by atoms with Crippen LogP contribution in [0, 0.1) is 0 Å². The normalized spacial score (nSPS) is 31.3. The Hall–Kier alpha value is -0.610. The first-order valence-electron chi connectivity index (χ1n) is 2.39. The fourth-order valence-electron chi connectivity index (χ4n) is 0.663. The zero-order chi connectivity index (χ0) is 8.21. The molecule has 0 heterocycles. The summed E-state index contributed by atoms with van der Waals surface area (Å²) in [6.45, 7) is 2.55. The Morgan fingerprint density at radius 1 is 0.900 bits per heavy atom. The molecular weight excluding hydrogens is 155 g/mol. The maximum absolute atomic E-state index is 12.2. The van der Waals surface area contributed by atoms with Crippen LogP contribution in [-0.4, -0.2) is 17.5 Å². The first-order chi connectivity index (χ1) is 4.31. The number of hydrogen-bond acceptors (Lipinski definition) is 0. The summed E-state index contributed by atoms with van der Waals surface area (Å²) in [6.07, 6.45) is -0.0625. The lowest BCUT2D eigenvalue weighted by Gasteiger charge is -1.91. The van der Waals surface area contributed by atoms with Gasteiger partial charge in [0.2, 0.25) is 0 Å². The van der Waals surface area contributed by atoms with Crippen LogP contribution < -0.4 is 0 Å². The van der Waals surface area contributed by atoms with Crippen LogP contribution in [-0.2, 0) is 0 Å². The average molecular weight is 158 g/mol. The van der Waals surface area contributed by atoms with E-state index in [1.165, 1.54) is 0 Å². The van der Waals surface area contributed by atoms with Crippen LogP contribution in [0.15, 0.2) is 12.7 Å². The third-order valence-electron chi connectivity index (χ3n) is 1.53. The van der Waals surface area contributed by atoms with Crippen molar-refractivity contribution in [1.29, 1.82) is 0 Å². The van der Waals surface area contributed by atoms with Crippen molar-refractivity contribution in [3.63, 3.8) is 0 Å². The van der Waals surface area contributed by atoms with E-state index >= 15 is 0 Å². The van der Waals surface area contributed by atoms with Crippen molar-refractivity contribution in [2.75, 3.05) is 0 Å². The van der Waals surface area contributed by atoms with E-state index in [0.29, 0.717) is 0 Å². The van der Waals surface area contributed by atoms with Crippen molar-refractivity contribution < 1.29 is 22.0 Å². The molecule has 0 radical (unpaired) electrons. The molecule has 0 nitrogen and oxygen atoms in total. The van der Waals surface area contributed by atoms with Crippen molar-refractivity contribution in [1.82, 2.24) is 0 Å². The van der Waals surface area contributed by atoms with E-state index in [2.05, 4.69) is 6.58 Å². The van der Waals surface area contributed by atoms with Crippen LogP contribution in [0.25, 0.3) is 0 Å². The minimum atomic E-state index is -4.57. The quantitative estimate of drug-likeness (QED) is 0.405. The monoisotopic (exact) mass is 158 g/mol. The Balaban J connectivity index is 3.00. The number of halogens is 5. The average Bonchev–Trinajstić information content (AvgIpc) is 2.11. The van der Waals surface area contributed by atoms with Gasteiger partial charge in [-0.15, -0.1) is 0 Å². The van der Waals surface area contributed by atoms with E-state index in [9.17, 15) is 22.0 Å². The Labute approximate surface area is 53.3 Å². The van der Waals surface area contributed by atoms with Crippen LogP contribution in [0.2, 0.25) is 0 Å². The van der Waals surface area contributed by atoms with Gasteiger partial charge in [-0.2, -0.15) is 17.6 Å². The second kappa shape index (κ2) is 1.35. The molecule has 0 aromatic rings. The van der Waals surface area contributed by atoms with Gasteiger partial charge in [-0.25, -0.2) is 4.39 Å². The lowest BCUT2D eigenvalue weighted by Crippen LogP contribution is -2.07. The van der Waals surface area contributed by atoms with E-state index in [-0.39, 0.29) is 6.08 Å². The van der Waals surface area contributed by atoms with E-state index < -0.39 is 17.5 Å². The van der Waals surface area contributed by atoms with Crippen LogP contribution in [0.3, 0.4) is 0 Å². The Morgan fingerprint density at radius 3 is 1.20 bits per heavy atom. The van der Waals surface area contributed by atoms with Crippen molar-refractivity contribution in [2.45, 2.75) is 17.5 Å². The largest absolute Gasteiger partial charge is 0.357 e. The molecule has 0 N–H and O–H groups in total. The maximum atomic E-state index is 12.2. The molecule has 1 aliphatic rings. The molecule has 0 atom stereocenters. The van der Waals surface area contributed by atoms with Gasteiger partial charge in [0.1, 0.15) is 0 Å². The molecule has 0 amide bonds. The third-order valence-corrected chi connectivity index (χ3v) is 1.53. The highest BCUT2D eigenvalue weighted by atomic mass is 19.3. The molecule has 0 spiro atoms. The van der Waals surface area contributed by atoms with Crippen LogP contribution in [0.5, 0.6) is 0 Å². The highest BCUT2D eigenvalue weighted by Gasteiger charge is 2.97. The fourth-order valence-corrected chi connectivity index (χ4v) is 0.663. The number of rotatable bonds is 1. The summed E-state index contributed by atoms with van der Waals surface area (Å²) in [6, 6.07) is 0. The van der Waals surface area contributed by atoms with Crippen LogP contribution >= 0.6 is 0 Å². The molecule has 5 heteroatoms. The van der Waals surface area contributed by atoms with Crippen LogP contribution in [0.4, 0.5) is 22.0 Å². The molecule has 0 aliphatic heterocycles. The van der Waals surface area contributed by atoms with Crippen molar-refractivity contribution in [3.8, 4) is 0 Å². The summed E-state index contributed by atoms with van der Waals surface area (Å²) in [5.74, 6) is -9.14. The van der Waals surface area contributed by atoms with Gasteiger partial charge in [0, 0.05) is 0 Å². The molecule has 1 saturated carbocycles. The Kier molecular flexibility index (Phi) is 1.02. The van der Waals surface area contributed by atoms with Crippen LogP contribution in [0.1, 0.15) is 0 Å². The predicted molar refractivity (Wildman–Crippen MR) is 23.9 cm³/mol. The van der Waals surface area contributed by atoms with Gasteiger partial charge in [0.05, 0.1) is 0 Å².